The van der Waals surface area contributed by atoms with Gasteiger partial charge in [0.15, 0.2) is 5.96 Å². The molecule has 4 rings (SSSR count). The molecule has 1 aromatic carbocycles. The Hall–Kier alpha value is -0.900. The topological polar surface area (TPSA) is 43.3 Å². The summed E-state index contributed by atoms with van der Waals surface area (Å²) in [5, 5.41) is 3.82. The van der Waals surface area contributed by atoms with Crippen LogP contribution in [-0.2, 0) is 4.74 Å². The third-order valence-corrected chi connectivity index (χ3v) is 7.87. The number of rotatable bonds is 4. The number of benzene rings is 1. The first-order chi connectivity index (χ1) is 15.5. The van der Waals surface area contributed by atoms with Gasteiger partial charge in [0, 0.05) is 25.7 Å². The summed E-state index contributed by atoms with van der Waals surface area (Å²) in [6.45, 7) is 12.7. The molecule has 0 saturated carbocycles. The maximum absolute atomic E-state index is 6.19. The zero-order valence-electron chi connectivity index (χ0n) is 21.1. The standard InChI is InChI=1S/C26H43N5O.HI/c1-21-8-9-23(22(2)18-21)24-19-30(16-17-32-24)25(27-3)28-20-26(10-14-29(4)15-11-26)31-12-6-5-7-13-31;/h8-9,18,24H,5-7,10-17,19-20H2,1-4H3,(H,27,28);1H. The molecule has 0 radical (unpaired) electrons. The average molecular weight is 570 g/mol. The fraction of sp³-hybridized carbons (Fsp3) is 0.731. The van der Waals surface area contributed by atoms with Crippen LogP contribution in [0.25, 0.3) is 0 Å². The molecule has 0 aromatic heterocycles. The smallest absolute Gasteiger partial charge is 0.193 e. The van der Waals surface area contributed by atoms with Crippen LogP contribution in [0.2, 0.25) is 0 Å². The summed E-state index contributed by atoms with van der Waals surface area (Å²) in [5.41, 5.74) is 4.17. The Morgan fingerprint density at radius 1 is 1.09 bits per heavy atom. The van der Waals surface area contributed by atoms with Gasteiger partial charge in [-0.1, -0.05) is 30.2 Å². The van der Waals surface area contributed by atoms with E-state index in [4.69, 9.17) is 9.73 Å². The van der Waals surface area contributed by atoms with E-state index >= 15 is 0 Å². The molecule has 3 aliphatic rings. The van der Waals surface area contributed by atoms with Crippen molar-refractivity contribution in [3.8, 4) is 0 Å². The first kappa shape index (κ1) is 26.7. The summed E-state index contributed by atoms with van der Waals surface area (Å²) in [6, 6.07) is 6.69. The molecule has 3 saturated heterocycles. The van der Waals surface area contributed by atoms with Crippen LogP contribution in [0.3, 0.4) is 0 Å². The molecule has 0 aliphatic carbocycles. The van der Waals surface area contributed by atoms with Gasteiger partial charge in [0.05, 0.1) is 13.2 Å². The van der Waals surface area contributed by atoms with Gasteiger partial charge in [-0.05, 0) is 83.9 Å². The number of aryl methyl sites for hydroxylation is 2. The van der Waals surface area contributed by atoms with Crippen molar-refractivity contribution in [1.82, 2.24) is 20.0 Å². The molecule has 1 atom stereocenters. The fourth-order valence-electron chi connectivity index (χ4n) is 5.80. The predicted molar refractivity (Wildman–Crippen MR) is 148 cm³/mol. The Morgan fingerprint density at radius 3 is 2.48 bits per heavy atom. The number of likely N-dealkylation sites (tertiary alicyclic amines) is 2. The molecule has 186 valence electrons. The van der Waals surface area contributed by atoms with E-state index in [9.17, 15) is 0 Å². The molecular formula is C26H44IN5O. The zero-order valence-corrected chi connectivity index (χ0v) is 23.4. The molecule has 0 amide bonds. The summed E-state index contributed by atoms with van der Waals surface area (Å²) < 4.78 is 6.19. The molecule has 6 nitrogen and oxygen atoms in total. The lowest BCUT2D eigenvalue weighted by Gasteiger charge is -2.50. The Morgan fingerprint density at radius 2 is 1.82 bits per heavy atom. The Kier molecular flexibility index (Phi) is 9.85. The number of nitrogens with zero attached hydrogens (tertiary/aromatic N) is 4. The highest BCUT2D eigenvalue weighted by atomic mass is 127. The molecule has 0 bridgehead atoms. The van der Waals surface area contributed by atoms with Crippen molar-refractivity contribution in [1.29, 1.82) is 0 Å². The maximum Gasteiger partial charge on any atom is 0.193 e. The van der Waals surface area contributed by atoms with Crippen LogP contribution < -0.4 is 5.32 Å². The maximum atomic E-state index is 6.19. The highest BCUT2D eigenvalue weighted by Crippen LogP contribution is 2.31. The number of hydrogen-bond donors (Lipinski definition) is 1. The first-order valence-electron chi connectivity index (χ1n) is 12.6. The van der Waals surface area contributed by atoms with Gasteiger partial charge < -0.3 is 19.9 Å². The van der Waals surface area contributed by atoms with E-state index in [-0.39, 0.29) is 35.6 Å². The minimum atomic E-state index is 0. The number of halogens is 1. The molecule has 1 aromatic rings. The Bertz CT molecular complexity index is 787. The van der Waals surface area contributed by atoms with E-state index in [0.29, 0.717) is 0 Å². The van der Waals surface area contributed by atoms with Gasteiger partial charge in [-0.2, -0.15) is 0 Å². The number of morpholine rings is 1. The minimum absolute atomic E-state index is 0. The van der Waals surface area contributed by atoms with E-state index in [2.05, 4.69) is 59.1 Å². The van der Waals surface area contributed by atoms with Crippen molar-refractivity contribution in [2.45, 2.75) is 57.6 Å². The van der Waals surface area contributed by atoms with Crippen LogP contribution in [0, 0.1) is 13.8 Å². The van der Waals surface area contributed by atoms with Gasteiger partial charge in [-0.15, -0.1) is 24.0 Å². The highest BCUT2D eigenvalue weighted by Gasteiger charge is 2.40. The van der Waals surface area contributed by atoms with Crippen molar-refractivity contribution in [3.63, 3.8) is 0 Å². The fourth-order valence-corrected chi connectivity index (χ4v) is 5.80. The Labute approximate surface area is 218 Å². The SMILES string of the molecule is CN=C(NCC1(N2CCCCC2)CCN(C)CC1)N1CCOC(c2ccc(C)cc2C)C1.I. The largest absolute Gasteiger partial charge is 0.370 e. The lowest BCUT2D eigenvalue weighted by Crippen LogP contribution is -2.62. The van der Waals surface area contributed by atoms with Crippen molar-refractivity contribution in [3.05, 3.63) is 34.9 Å². The summed E-state index contributed by atoms with van der Waals surface area (Å²) in [6.07, 6.45) is 6.64. The van der Waals surface area contributed by atoms with Crippen molar-refractivity contribution < 1.29 is 4.74 Å². The van der Waals surface area contributed by atoms with Gasteiger partial charge in [0.2, 0.25) is 0 Å². The van der Waals surface area contributed by atoms with E-state index in [0.717, 1.165) is 32.2 Å². The van der Waals surface area contributed by atoms with Crippen LogP contribution >= 0.6 is 24.0 Å². The summed E-state index contributed by atoms with van der Waals surface area (Å²) in [4.78, 5) is 12.4. The van der Waals surface area contributed by atoms with Crippen LogP contribution in [0.4, 0.5) is 0 Å². The second-order valence-corrected chi connectivity index (χ2v) is 10.1. The Balaban J connectivity index is 0.00000306. The first-order valence-corrected chi connectivity index (χ1v) is 12.6. The molecule has 3 fully saturated rings. The van der Waals surface area contributed by atoms with Crippen molar-refractivity contribution in [2.24, 2.45) is 4.99 Å². The van der Waals surface area contributed by atoms with Crippen LogP contribution in [0.5, 0.6) is 0 Å². The number of guanidine groups is 1. The third-order valence-electron chi connectivity index (χ3n) is 7.87. The van der Waals surface area contributed by atoms with Crippen molar-refractivity contribution >= 4 is 29.9 Å². The number of aliphatic imine (C=N–C) groups is 1. The molecular weight excluding hydrogens is 525 g/mol. The number of nitrogens with one attached hydrogen (secondary N) is 1. The number of piperidine rings is 2. The van der Waals surface area contributed by atoms with Gasteiger partial charge >= 0.3 is 0 Å². The van der Waals surface area contributed by atoms with Crippen LogP contribution in [0.1, 0.15) is 54.9 Å². The molecule has 1 N–H and O–H groups in total. The van der Waals surface area contributed by atoms with Crippen LogP contribution in [-0.4, -0.2) is 92.7 Å². The van der Waals surface area contributed by atoms with Crippen LogP contribution in [0.15, 0.2) is 23.2 Å². The van der Waals surface area contributed by atoms with E-state index in [1.54, 1.807) is 0 Å². The molecule has 1 unspecified atom stereocenters. The van der Waals surface area contributed by atoms with E-state index < -0.39 is 0 Å². The van der Waals surface area contributed by atoms with E-state index in [1.807, 2.05) is 7.05 Å². The highest BCUT2D eigenvalue weighted by molar-refractivity contribution is 14.0. The lowest BCUT2D eigenvalue weighted by atomic mass is 9.84. The molecule has 0 spiro atoms. The van der Waals surface area contributed by atoms with Gasteiger partial charge in [-0.25, -0.2) is 0 Å². The molecule has 7 heteroatoms. The predicted octanol–water partition coefficient (Wildman–Crippen LogP) is 3.82. The third kappa shape index (κ3) is 6.41. The second-order valence-electron chi connectivity index (χ2n) is 10.1. The van der Waals surface area contributed by atoms with Crippen molar-refractivity contribution in [2.75, 3.05) is 66.5 Å². The summed E-state index contributed by atoms with van der Waals surface area (Å²) >= 11 is 0. The summed E-state index contributed by atoms with van der Waals surface area (Å²) in [7, 11) is 4.18. The zero-order chi connectivity index (χ0) is 22.6. The molecule has 3 heterocycles. The van der Waals surface area contributed by atoms with Gasteiger partial charge in [-0.3, -0.25) is 9.89 Å². The number of ether oxygens (including phenoxy) is 1. The van der Waals surface area contributed by atoms with Gasteiger partial charge in [0.25, 0.3) is 0 Å². The quantitative estimate of drug-likeness (QED) is 0.340. The average Bonchev–Trinajstić information content (AvgIpc) is 2.82. The lowest BCUT2D eigenvalue weighted by molar-refractivity contribution is -0.00984. The second kappa shape index (κ2) is 12.2. The minimum Gasteiger partial charge on any atom is -0.370 e. The normalized spacial score (nSPS) is 24.9. The molecule has 3 aliphatic heterocycles. The van der Waals surface area contributed by atoms with Gasteiger partial charge in [0.1, 0.15) is 6.10 Å². The monoisotopic (exact) mass is 569 g/mol. The van der Waals surface area contributed by atoms with E-state index in [1.165, 1.54) is 75.0 Å². The number of hydrogen-bond acceptors (Lipinski definition) is 4. The molecule has 33 heavy (non-hydrogen) atoms. The summed E-state index contributed by atoms with van der Waals surface area (Å²) in [5.74, 6) is 1.03.